The zero-order chi connectivity index (χ0) is 18.1. The summed E-state index contributed by atoms with van der Waals surface area (Å²) in [4.78, 5) is 0. The Morgan fingerprint density at radius 1 is 0.920 bits per heavy atom. The number of allylic oxidation sites excluding steroid dienone is 1. The lowest BCUT2D eigenvalue weighted by Gasteiger charge is -2.10. The van der Waals surface area contributed by atoms with Crippen molar-refractivity contribution in [3.8, 4) is 11.5 Å². The molecule has 0 atom stereocenters. The second-order valence-electron chi connectivity index (χ2n) is 5.81. The summed E-state index contributed by atoms with van der Waals surface area (Å²) in [5.74, 6) is -1.44. The van der Waals surface area contributed by atoms with Gasteiger partial charge in [0.2, 0.25) is 5.82 Å². The van der Waals surface area contributed by atoms with Gasteiger partial charge < -0.3 is 9.47 Å². The van der Waals surface area contributed by atoms with E-state index < -0.39 is 11.6 Å². The average Bonchev–Trinajstić information content (AvgIpc) is 2.63. The molecule has 4 heteroatoms. The predicted molar refractivity (Wildman–Crippen MR) is 95.8 cm³/mol. The summed E-state index contributed by atoms with van der Waals surface area (Å²) >= 11 is 0. The first kappa shape index (κ1) is 19.0. The maximum Gasteiger partial charge on any atom is 0.201 e. The SMILES string of the molecule is CCCC=COc1ccc(COc2ccc(CCC)cc2)c(F)c1F. The number of aryl methyl sites for hydroxylation is 1. The minimum Gasteiger partial charge on any atom is -0.489 e. The van der Waals surface area contributed by atoms with Crippen LogP contribution in [-0.2, 0) is 13.0 Å². The summed E-state index contributed by atoms with van der Waals surface area (Å²) < 4.78 is 38.9. The Hall–Kier alpha value is -2.36. The third-order valence-electron chi connectivity index (χ3n) is 3.73. The second kappa shape index (κ2) is 9.82. The van der Waals surface area contributed by atoms with E-state index in [0.717, 1.165) is 25.7 Å². The molecule has 0 radical (unpaired) electrons. The molecule has 0 saturated heterocycles. The van der Waals surface area contributed by atoms with E-state index in [9.17, 15) is 8.78 Å². The molecule has 0 amide bonds. The lowest BCUT2D eigenvalue weighted by atomic mass is 10.1. The fraction of sp³-hybridized carbons (Fsp3) is 0.333. The van der Waals surface area contributed by atoms with Crippen molar-refractivity contribution in [1.29, 1.82) is 0 Å². The smallest absolute Gasteiger partial charge is 0.201 e. The van der Waals surface area contributed by atoms with Gasteiger partial charge in [-0.25, -0.2) is 4.39 Å². The molecule has 0 aliphatic carbocycles. The highest BCUT2D eigenvalue weighted by atomic mass is 19.2. The Morgan fingerprint density at radius 3 is 2.36 bits per heavy atom. The van der Waals surface area contributed by atoms with Crippen LogP contribution in [0.1, 0.15) is 44.2 Å². The van der Waals surface area contributed by atoms with E-state index >= 15 is 0 Å². The summed E-state index contributed by atoms with van der Waals surface area (Å²) in [6.45, 7) is 4.10. The van der Waals surface area contributed by atoms with E-state index in [-0.39, 0.29) is 17.9 Å². The number of unbranched alkanes of at least 4 members (excludes halogenated alkanes) is 1. The minimum atomic E-state index is -0.999. The molecule has 0 heterocycles. The molecule has 2 aromatic carbocycles. The van der Waals surface area contributed by atoms with Crippen molar-refractivity contribution >= 4 is 0 Å². The first-order valence-electron chi connectivity index (χ1n) is 8.66. The molecule has 0 unspecified atom stereocenters. The molecular formula is C21H24F2O2. The van der Waals surface area contributed by atoms with Crippen molar-refractivity contribution in [2.75, 3.05) is 0 Å². The van der Waals surface area contributed by atoms with Crippen molar-refractivity contribution in [3.05, 3.63) is 71.5 Å². The van der Waals surface area contributed by atoms with Gasteiger partial charge in [-0.2, -0.15) is 4.39 Å². The van der Waals surface area contributed by atoms with Crippen LogP contribution in [0.15, 0.2) is 48.7 Å². The predicted octanol–water partition coefficient (Wildman–Crippen LogP) is 6.19. The summed E-state index contributed by atoms with van der Waals surface area (Å²) in [5, 5.41) is 0. The Bertz CT molecular complexity index is 694. The van der Waals surface area contributed by atoms with Crippen molar-refractivity contribution in [3.63, 3.8) is 0 Å². The van der Waals surface area contributed by atoms with Crippen LogP contribution in [-0.4, -0.2) is 0 Å². The first-order chi connectivity index (χ1) is 12.2. The van der Waals surface area contributed by atoms with Gasteiger partial charge in [-0.15, -0.1) is 0 Å². The fourth-order valence-electron chi connectivity index (χ4n) is 2.33. The Labute approximate surface area is 148 Å². The monoisotopic (exact) mass is 346 g/mol. The molecule has 0 fully saturated rings. The molecule has 0 saturated carbocycles. The highest BCUT2D eigenvalue weighted by Gasteiger charge is 2.14. The van der Waals surface area contributed by atoms with Gasteiger partial charge in [-0.05, 0) is 48.7 Å². The van der Waals surface area contributed by atoms with E-state index in [0.29, 0.717) is 5.75 Å². The van der Waals surface area contributed by atoms with E-state index in [1.165, 1.54) is 24.0 Å². The van der Waals surface area contributed by atoms with Gasteiger partial charge >= 0.3 is 0 Å². The fourth-order valence-corrected chi connectivity index (χ4v) is 2.33. The molecule has 2 aromatic rings. The van der Waals surface area contributed by atoms with Crippen molar-refractivity contribution in [2.24, 2.45) is 0 Å². The number of halogens is 2. The summed E-state index contributed by atoms with van der Waals surface area (Å²) in [7, 11) is 0. The number of hydrogen-bond acceptors (Lipinski definition) is 2. The Balaban J connectivity index is 1.99. The zero-order valence-electron chi connectivity index (χ0n) is 14.7. The van der Waals surface area contributed by atoms with Crippen LogP contribution >= 0.6 is 0 Å². The maximum atomic E-state index is 14.1. The molecule has 0 bridgehead atoms. The molecule has 0 spiro atoms. The van der Waals surface area contributed by atoms with Gasteiger partial charge in [0.1, 0.15) is 12.4 Å². The lowest BCUT2D eigenvalue weighted by molar-refractivity contribution is 0.295. The minimum absolute atomic E-state index is 0.0398. The van der Waals surface area contributed by atoms with E-state index in [1.807, 2.05) is 31.2 Å². The van der Waals surface area contributed by atoms with E-state index in [1.54, 1.807) is 6.08 Å². The highest BCUT2D eigenvalue weighted by Crippen LogP contribution is 2.24. The van der Waals surface area contributed by atoms with E-state index in [2.05, 4.69) is 6.92 Å². The zero-order valence-corrected chi connectivity index (χ0v) is 14.7. The Morgan fingerprint density at radius 2 is 1.68 bits per heavy atom. The van der Waals surface area contributed by atoms with Crippen molar-refractivity contribution in [1.82, 2.24) is 0 Å². The number of benzene rings is 2. The van der Waals surface area contributed by atoms with Gasteiger partial charge in [0.15, 0.2) is 11.6 Å². The molecule has 25 heavy (non-hydrogen) atoms. The summed E-state index contributed by atoms with van der Waals surface area (Å²) in [5.41, 5.74) is 1.38. The summed E-state index contributed by atoms with van der Waals surface area (Å²) in [6.07, 6.45) is 7.03. The Kier molecular flexibility index (Phi) is 7.45. The largest absolute Gasteiger partial charge is 0.489 e. The van der Waals surface area contributed by atoms with Crippen LogP contribution in [0, 0.1) is 11.6 Å². The van der Waals surface area contributed by atoms with Crippen LogP contribution in [0.5, 0.6) is 11.5 Å². The quantitative estimate of drug-likeness (QED) is 0.504. The molecular weight excluding hydrogens is 322 g/mol. The molecule has 0 aliphatic rings. The average molecular weight is 346 g/mol. The van der Waals surface area contributed by atoms with Crippen LogP contribution in [0.4, 0.5) is 8.78 Å². The lowest BCUT2D eigenvalue weighted by Crippen LogP contribution is -2.02. The van der Waals surface area contributed by atoms with Gasteiger partial charge in [-0.1, -0.05) is 38.8 Å². The number of hydrogen-bond donors (Lipinski definition) is 0. The second-order valence-corrected chi connectivity index (χ2v) is 5.81. The number of ether oxygens (including phenoxy) is 2. The number of rotatable bonds is 9. The molecule has 0 aromatic heterocycles. The molecule has 2 nitrogen and oxygen atoms in total. The first-order valence-corrected chi connectivity index (χ1v) is 8.66. The van der Waals surface area contributed by atoms with Gasteiger partial charge in [-0.3, -0.25) is 0 Å². The van der Waals surface area contributed by atoms with Crippen LogP contribution in [0.25, 0.3) is 0 Å². The van der Waals surface area contributed by atoms with Crippen LogP contribution in [0.3, 0.4) is 0 Å². The normalized spacial score (nSPS) is 11.0. The molecule has 134 valence electrons. The van der Waals surface area contributed by atoms with Crippen LogP contribution < -0.4 is 9.47 Å². The topological polar surface area (TPSA) is 18.5 Å². The molecule has 0 aliphatic heterocycles. The highest BCUT2D eigenvalue weighted by molar-refractivity contribution is 5.32. The van der Waals surface area contributed by atoms with Crippen molar-refractivity contribution in [2.45, 2.75) is 46.1 Å². The molecule has 0 N–H and O–H groups in total. The van der Waals surface area contributed by atoms with Gasteiger partial charge in [0.05, 0.1) is 6.26 Å². The van der Waals surface area contributed by atoms with Gasteiger partial charge in [0.25, 0.3) is 0 Å². The summed E-state index contributed by atoms with van der Waals surface area (Å²) in [6, 6.07) is 10.5. The van der Waals surface area contributed by atoms with Crippen molar-refractivity contribution < 1.29 is 18.3 Å². The van der Waals surface area contributed by atoms with Gasteiger partial charge in [0, 0.05) is 5.56 Å². The van der Waals surface area contributed by atoms with E-state index in [4.69, 9.17) is 9.47 Å². The third-order valence-corrected chi connectivity index (χ3v) is 3.73. The standard InChI is InChI=1S/C21H24F2O2/c1-3-5-6-14-24-19-13-10-17(20(22)21(19)23)15-25-18-11-8-16(7-4-2)9-12-18/h6,8-14H,3-5,7,15H2,1-2H3. The van der Waals surface area contributed by atoms with Crippen LogP contribution in [0.2, 0.25) is 0 Å². The molecule has 2 rings (SSSR count). The third kappa shape index (κ3) is 5.59. The maximum absolute atomic E-state index is 14.1.